The topological polar surface area (TPSA) is 104 Å². The molecule has 0 unspecified atom stereocenters. The Hall–Kier alpha value is -4.85. The number of amides is 3. The summed E-state index contributed by atoms with van der Waals surface area (Å²) in [6.07, 6.45) is 1.43. The maximum Gasteiger partial charge on any atom is 0.291 e. The van der Waals surface area contributed by atoms with Crippen molar-refractivity contribution in [1.29, 1.82) is 0 Å². The van der Waals surface area contributed by atoms with Crippen molar-refractivity contribution in [1.82, 2.24) is 0 Å². The van der Waals surface area contributed by atoms with Crippen LogP contribution in [0.4, 0.5) is 22.7 Å². The number of carbonyl (C=O) groups is 3. The molecule has 8 nitrogen and oxygen atoms in total. The molecule has 0 radical (unpaired) electrons. The Morgan fingerprint density at radius 3 is 2.22 bits per heavy atom. The van der Waals surface area contributed by atoms with E-state index in [0.29, 0.717) is 29.2 Å². The maximum absolute atomic E-state index is 12.9. The van der Waals surface area contributed by atoms with Crippen molar-refractivity contribution in [3.8, 4) is 0 Å². The van der Waals surface area contributed by atoms with Crippen LogP contribution in [0.15, 0.2) is 102 Å². The van der Waals surface area contributed by atoms with Crippen molar-refractivity contribution >= 4 is 40.5 Å². The van der Waals surface area contributed by atoms with Crippen LogP contribution in [0.2, 0.25) is 0 Å². The molecule has 0 bridgehead atoms. The van der Waals surface area contributed by atoms with E-state index in [9.17, 15) is 14.4 Å². The van der Waals surface area contributed by atoms with Crippen LogP contribution in [-0.2, 0) is 4.79 Å². The van der Waals surface area contributed by atoms with Gasteiger partial charge in [-0.15, -0.1) is 0 Å². The summed E-state index contributed by atoms with van der Waals surface area (Å²) in [6, 6.07) is 26.5. The summed E-state index contributed by atoms with van der Waals surface area (Å²) in [5.74, 6) is -0.508. The number of para-hydroxylation sites is 1. The molecule has 4 rings (SSSR count). The molecule has 1 aromatic heterocycles. The molecule has 0 spiro atoms. The summed E-state index contributed by atoms with van der Waals surface area (Å²) < 4.78 is 5.09. The van der Waals surface area contributed by atoms with Crippen LogP contribution >= 0.6 is 0 Å². The molecule has 8 heteroatoms. The lowest BCUT2D eigenvalue weighted by Crippen LogP contribution is -2.30. The van der Waals surface area contributed by atoms with Gasteiger partial charge in [-0.1, -0.05) is 24.3 Å². The summed E-state index contributed by atoms with van der Waals surface area (Å²) in [5.41, 5.74) is 3.19. The average molecular weight is 483 g/mol. The highest BCUT2D eigenvalue weighted by Crippen LogP contribution is 2.19. The SMILES string of the molecule is CCN(C(=O)c1ccc(NC(=O)CNc2cccc(NC(=O)c3ccco3)c2)cc1)c1ccccc1. The van der Waals surface area contributed by atoms with Crippen molar-refractivity contribution < 1.29 is 18.8 Å². The minimum absolute atomic E-state index is 0.0217. The van der Waals surface area contributed by atoms with Gasteiger partial charge in [0, 0.05) is 34.9 Å². The number of anilines is 4. The molecule has 0 fully saturated rings. The molecular formula is C28H26N4O4. The first-order valence-electron chi connectivity index (χ1n) is 11.5. The Labute approximate surface area is 208 Å². The number of hydrogen-bond donors (Lipinski definition) is 3. The lowest BCUT2D eigenvalue weighted by Gasteiger charge is -2.21. The van der Waals surface area contributed by atoms with E-state index in [0.717, 1.165) is 5.69 Å². The molecule has 0 aliphatic carbocycles. The second-order valence-corrected chi connectivity index (χ2v) is 7.88. The van der Waals surface area contributed by atoms with Gasteiger partial charge in [-0.25, -0.2) is 0 Å². The zero-order valence-corrected chi connectivity index (χ0v) is 19.7. The van der Waals surface area contributed by atoms with Gasteiger partial charge in [0.15, 0.2) is 5.76 Å². The summed E-state index contributed by atoms with van der Waals surface area (Å²) in [6.45, 7) is 2.49. The summed E-state index contributed by atoms with van der Waals surface area (Å²) in [4.78, 5) is 39.2. The molecule has 0 aliphatic rings. The van der Waals surface area contributed by atoms with Crippen LogP contribution in [-0.4, -0.2) is 30.8 Å². The van der Waals surface area contributed by atoms with Crippen LogP contribution in [0.3, 0.4) is 0 Å². The first-order chi connectivity index (χ1) is 17.5. The van der Waals surface area contributed by atoms with Gasteiger partial charge in [-0.3, -0.25) is 14.4 Å². The van der Waals surface area contributed by atoms with E-state index in [-0.39, 0.29) is 30.0 Å². The number of nitrogens with zero attached hydrogens (tertiary/aromatic N) is 1. The predicted molar refractivity (Wildman–Crippen MR) is 140 cm³/mol. The summed E-state index contributed by atoms with van der Waals surface area (Å²) in [5, 5.41) is 8.59. The van der Waals surface area contributed by atoms with Crippen molar-refractivity contribution in [2.24, 2.45) is 0 Å². The van der Waals surface area contributed by atoms with E-state index >= 15 is 0 Å². The second-order valence-electron chi connectivity index (χ2n) is 7.88. The van der Waals surface area contributed by atoms with Gasteiger partial charge in [-0.05, 0) is 73.7 Å². The molecule has 3 N–H and O–H groups in total. The standard InChI is InChI=1S/C28H26N4O4/c1-2-32(24-10-4-3-5-11-24)28(35)20-13-15-21(16-14-20)30-26(33)19-29-22-8-6-9-23(18-22)31-27(34)25-12-7-17-36-25/h3-18,29H,2,19H2,1H3,(H,30,33)(H,31,34). The Balaban J connectivity index is 1.30. The smallest absolute Gasteiger partial charge is 0.291 e. The van der Waals surface area contributed by atoms with Crippen molar-refractivity contribution in [3.63, 3.8) is 0 Å². The lowest BCUT2D eigenvalue weighted by molar-refractivity contribution is -0.114. The Kier molecular flexibility index (Phi) is 7.77. The number of rotatable bonds is 9. The molecule has 1 heterocycles. The summed E-state index contributed by atoms with van der Waals surface area (Å²) >= 11 is 0. The van der Waals surface area contributed by atoms with E-state index < -0.39 is 0 Å². The van der Waals surface area contributed by atoms with E-state index in [4.69, 9.17) is 4.42 Å². The normalized spacial score (nSPS) is 10.4. The largest absolute Gasteiger partial charge is 0.459 e. The lowest BCUT2D eigenvalue weighted by atomic mass is 10.1. The first-order valence-corrected chi connectivity index (χ1v) is 11.5. The Bertz CT molecular complexity index is 1320. The minimum atomic E-state index is -0.359. The van der Waals surface area contributed by atoms with Gasteiger partial charge in [0.2, 0.25) is 5.91 Å². The van der Waals surface area contributed by atoms with Crippen LogP contribution in [0.5, 0.6) is 0 Å². The van der Waals surface area contributed by atoms with E-state index in [2.05, 4.69) is 16.0 Å². The fourth-order valence-corrected chi connectivity index (χ4v) is 3.60. The Morgan fingerprint density at radius 2 is 1.53 bits per heavy atom. The van der Waals surface area contributed by atoms with Gasteiger partial charge in [-0.2, -0.15) is 0 Å². The van der Waals surface area contributed by atoms with Gasteiger partial charge in [0.25, 0.3) is 11.8 Å². The molecular weight excluding hydrogens is 456 g/mol. The monoisotopic (exact) mass is 482 g/mol. The first kappa shape index (κ1) is 24.3. The van der Waals surface area contributed by atoms with E-state index in [1.54, 1.807) is 65.6 Å². The fraction of sp³-hybridized carbons (Fsp3) is 0.107. The zero-order chi connectivity index (χ0) is 25.3. The Morgan fingerprint density at radius 1 is 0.778 bits per heavy atom. The predicted octanol–water partition coefficient (Wildman–Crippen LogP) is 5.25. The molecule has 0 atom stereocenters. The second kappa shape index (κ2) is 11.5. The highest BCUT2D eigenvalue weighted by molar-refractivity contribution is 6.06. The summed E-state index contributed by atoms with van der Waals surface area (Å²) in [7, 11) is 0. The van der Waals surface area contributed by atoms with Crippen LogP contribution in [0.1, 0.15) is 27.8 Å². The number of furan rings is 1. The molecule has 0 saturated carbocycles. The highest BCUT2D eigenvalue weighted by atomic mass is 16.3. The van der Waals surface area contributed by atoms with Gasteiger partial charge in [0.1, 0.15) is 0 Å². The number of hydrogen-bond acceptors (Lipinski definition) is 5. The number of benzene rings is 3. The molecule has 0 saturated heterocycles. The number of carbonyl (C=O) groups excluding carboxylic acids is 3. The zero-order valence-electron chi connectivity index (χ0n) is 19.7. The molecule has 3 amide bonds. The van der Waals surface area contributed by atoms with Crippen LogP contribution in [0, 0.1) is 0 Å². The van der Waals surface area contributed by atoms with Crippen molar-refractivity contribution in [2.75, 3.05) is 33.9 Å². The number of nitrogens with one attached hydrogen (secondary N) is 3. The highest BCUT2D eigenvalue weighted by Gasteiger charge is 2.16. The third kappa shape index (κ3) is 6.18. The van der Waals surface area contributed by atoms with Gasteiger partial charge in [0.05, 0.1) is 12.8 Å². The van der Waals surface area contributed by atoms with Gasteiger partial charge >= 0.3 is 0 Å². The molecule has 3 aromatic carbocycles. The molecule has 0 aliphatic heterocycles. The van der Waals surface area contributed by atoms with Crippen LogP contribution < -0.4 is 20.9 Å². The van der Waals surface area contributed by atoms with E-state index in [1.165, 1.54) is 6.26 Å². The third-order valence-electron chi connectivity index (χ3n) is 5.36. The van der Waals surface area contributed by atoms with Gasteiger partial charge < -0.3 is 25.3 Å². The minimum Gasteiger partial charge on any atom is -0.459 e. The molecule has 182 valence electrons. The fourth-order valence-electron chi connectivity index (χ4n) is 3.60. The molecule has 4 aromatic rings. The van der Waals surface area contributed by atoms with Crippen molar-refractivity contribution in [2.45, 2.75) is 6.92 Å². The average Bonchev–Trinajstić information content (AvgIpc) is 3.45. The van der Waals surface area contributed by atoms with Crippen LogP contribution in [0.25, 0.3) is 0 Å². The van der Waals surface area contributed by atoms with Crippen molar-refractivity contribution in [3.05, 3.63) is 109 Å². The third-order valence-corrected chi connectivity index (χ3v) is 5.36. The quantitative estimate of drug-likeness (QED) is 0.302. The van der Waals surface area contributed by atoms with E-state index in [1.807, 2.05) is 37.3 Å². The molecule has 36 heavy (non-hydrogen) atoms. The maximum atomic E-state index is 12.9.